The molecule has 0 aromatic heterocycles. The normalized spacial score (nSPS) is 16.4. The summed E-state index contributed by atoms with van der Waals surface area (Å²) in [5.41, 5.74) is 3.29. The van der Waals surface area contributed by atoms with Crippen LogP contribution in [0.2, 0.25) is 0 Å². The average Bonchev–Trinajstić information content (AvgIpc) is 2.80. The van der Waals surface area contributed by atoms with Gasteiger partial charge in [-0.05, 0) is 28.4 Å². The average molecular weight is 253 g/mol. The lowest BCUT2D eigenvalue weighted by molar-refractivity contribution is -0.128. The smallest absolute Gasteiger partial charge is 0.271 e. The third-order valence-electron chi connectivity index (χ3n) is 2.93. The van der Waals surface area contributed by atoms with Crippen LogP contribution >= 0.6 is 0 Å². The monoisotopic (exact) mass is 253 g/mol. The lowest BCUT2D eigenvalue weighted by atomic mass is 10.0. The van der Waals surface area contributed by atoms with Gasteiger partial charge in [0.15, 0.2) is 0 Å². The molecule has 1 heterocycles. The minimum absolute atomic E-state index is 0.532. The predicted molar refractivity (Wildman–Crippen MR) is 74.7 cm³/mol. The second-order valence-electron chi connectivity index (χ2n) is 4.93. The molecule has 2 aromatic carbocycles. The first kappa shape index (κ1) is 11.8. The first-order chi connectivity index (χ1) is 9.14. The summed E-state index contributed by atoms with van der Waals surface area (Å²) in [7, 11) is 0. The predicted octanol–water partition coefficient (Wildman–Crippen LogP) is 3.80. The summed E-state index contributed by atoms with van der Waals surface area (Å²) in [6, 6.07) is 18.4. The minimum atomic E-state index is -0.673. The summed E-state index contributed by atoms with van der Waals surface area (Å²) in [5, 5.41) is 3.96. The Hall–Kier alpha value is -2.29. The molecule has 0 spiro atoms. The fraction of sp³-hybridized carbons (Fsp3) is 0.188. The van der Waals surface area contributed by atoms with Crippen LogP contribution in [0.3, 0.4) is 0 Å². The number of benzene rings is 2. The highest BCUT2D eigenvalue weighted by Crippen LogP contribution is 2.24. The molecule has 3 nitrogen and oxygen atoms in total. The second kappa shape index (κ2) is 4.43. The molecule has 0 aliphatic carbocycles. The van der Waals surface area contributed by atoms with Gasteiger partial charge in [-0.3, -0.25) is 0 Å². The summed E-state index contributed by atoms with van der Waals surface area (Å²) < 4.78 is 5.61. The van der Waals surface area contributed by atoms with Gasteiger partial charge in [0.2, 0.25) is 0 Å². The van der Waals surface area contributed by atoms with Gasteiger partial charge in [0.1, 0.15) is 0 Å². The second-order valence-corrected chi connectivity index (χ2v) is 4.93. The molecule has 2 aromatic rings. The van der Waals surface area contributed by atoms with E-state index < -0.39 is 5.79 Å². The van der Waals surface area contributed by atoms with Crippen LogP contribution < -0.4 is 0 Å². The van der Waals surface area contributed by atoms with Crippen LogP contribution in [0.15, 0.2) is 59.8 Å². The molecule has 0 saturated carbocycles. The van der Waals surface area contributed by atoms with Crippen LogP contribution in [0.4, 0.5) is 0 Å². The molecule has 19 heavy (non-hydrogen) atoms. The van der Waals surface area contributed by atoms with Crippen molar-refractivity contribution in [1.82, 2.24) is 0 Å². The Morgan fingerprint density at radius 1 is 0.789 bits per heavy atom. The summed E-state index contributed by atoms with van der Waals surface area (Å²) in [4.78, 5) is 5.19. The van der Waals surface area contributed by atoms with Crippen LogP contribution in [0, 0.1) is 0 Å². The summed E-state index contributed by atoms with van der Waals surface area (Å²) in [6.07, 6.45) is 0. The van der Waals surface area contributed by atoms with Crippen molar-refractivity contribution in [3.05, 3.63) is 60.2 Å². The zero-order chi connectivity index (χ0) is 13.3. The number of oxime groups is 1. The zero-order valence-corrected chi connectivity index (χ0v) is 11.0. The SMILES string of the molecule is CC1(C)ON=C(c2ccc(-c3ccccc3)cc2)O1. The maximum Gasteiger partial charge on any atom is 0.271 e. The van der Waals surface area contributed by atoms with Crippen LogP contribution in [-0.2, 0) is 9.57 Å². The highest BCUT2D eigenvalue weighted by molar-refractivity contribution is 5.95. The molecule has 0 bridgehead atoms. The Balaban J connectivity index is 1.85. The van der Waals surface area contributed by atoms with E-state index in [9.17, 15) is 0 Å². The third kappa shape index (κ3) is 2.45. The van der Waals surface area contributed by atoms with Crippen molar-refractivity contribution >= 4 is 5.90 Å². The fourth-order valence-electron chi connectivity index (χ4n) is 1.97. The van der Waals surface area contributed by atoms with E-state index in [4.69, 9.17) is 9.57 Å². The van der Waals surface area contributed by atoms with Crippen molar-refractivity contribution in [3.63, 3.8) is 0 Å². The zero-order valence-electron chi connectivity index (χ0n) is 11.0. The first-order valence-corrected chi connectivity index (χ1v) is 6.25. The molecule has 0 fully saturated rings. The van der Waals surface area contributed by atoms with Crippen LogP contribution in [0.5, 0.6) is 0 Å². The lowest BCUT2D eigenvalue weighted by Crippen LogP contribution is -2.22. The molecule has 0 amide bonds. The summed E-state index contributed by atoms with van der Waals surface area (Å²) >= 11 is 0. The van der Waals surface area contributed by atoms with Gasteiger partial charge in [-0.1, -0.05) is 42.5 Å². The molecule has 1 aliphatic heterocycles. The topological polar surface area (TPSA) is 30.8 Å². The maximum absolute atomic E-state index is 5.61. The van der Waals surface area contributed by atoms with E-state index in [2.05, 4.69) is 29.4 Å². The highest BCUT2D eigenvalue weighted by atomic mass is 16.8. The van der Waals surface area contributed by atoms with E-state index in [1.54, 1.807) is 0 Å². The van der Waals surface area contributed by atoms with Gasteiger partial charge in [-0.25, -0.2) is 0 Å². The van der Waals surface area contributed by atoms with Gasteiger partial charge in [0, 0.05) is 19.4 Å². The standard InChI is InChI=1S/C16H15NO2/c1-16(2)18-15(17-19-16)14-10-8-13(9-11-14)12-6-4-3-5-7-12/h3-11H,1-2H3. The molecule has 3 heteroatoms. The van der Waals surface area contributed by atoms with Gasteiger partial charge in [0.25, 0.3) is 11.7 Å². The number of rotatable bonds is 2. The van der Waals surface area contributed by atoms with E-state index in [1.807, 2.05) is 44.2 Å². The van der Waals surface area contributed by atoms with Crippen molar-refractivity contribution in [2.24, 2.45) is 5.16 Å². The Labute approximate surface area is 112 Å². The summed E-state index contributed by atoms with van der Waals surface area (Å²) in [6.45, 7) is 3.67. The number of ether oxygens (including phenoxy) is 1. The van der Waals surface area contributed by atoms with E-state index in [0.717, 1.165) is 5.56 Å². The van der Waals surface area contributed by atoms with Gasteiger partial charge < -0.3 is 9.57 Å². The van der Waals surface area contributed by atoms with Gasteiger partial charge in [0.05, 0.1) is 0 Å². The lowest BCUT2D eigenvalue weighted by Gasteiger charge is -2.14. The third-order valence-corrected chi connectivity index (χ3v) is 2.93. The molecular weight excluding hydrogens is 238 g/mol. The number of hydrogen-bond donors (Lipinski definition) is 0. The molecule has 1 aliphatic rings. The fourth-order valence-corrected chi connectivity index (χ4v) is 1.97. The van der Waals surface area contributed by atoms with Gasteiger partial charge in [-0.15, -0.1) is 0 Å². The molecule has 0 radical (unpaired) electrons. The molecule has 0 saturated heterocycles. The van der Waals surface area contributed by atoms with Crippen LogP contribution in [-0.4, -0.2) is 11.7 Å². The van der Waals surface area contributed by atoms with Crippen molar-refractivity contribution in [2.75, 3.05) is 0 Å². The number of nitrogens with zero attached hydrogens (tertiary/aromatic N) is 1. The Morgan fingerprint density at radius 2 is 1.37 bits per heavy atom. The van der Waals surface area contributed by atoms with Crippen molar-refractivity contribution in [3.8, 4) is 11.1 Å². The van der Waals surface area contributed by atoms with E-state index in [0.29, 0.717) is 5.90 Å². The van der Waals surface area contributed by atoms with Gasteiger partial charge in [-0.2, -0.15) is 0 Å². The maximum atomic E-state index is 5.61. The van der Waals surface area contributed by atoms with Crippen LogP contribution in [0.25, 0.3) is 11.1 Å². The summed E-state index contributed by atoms with van der Waals surface area (Å²) in [5.74, 6) is -0.141. The van der Waals surface area contributed by atoms with Crippen LogP contribution in [0.1, 0.15) is 19.4 Å². The highest BCUT2D eigenvalue weighted by Gasteiger charge is 2.30. The van der Waals surface area contributed by atoms with Crippen molar-refractivity contribution in [2.45, 2.75) is 19.6 Å². The number of hydrogen-bond acceptors (Lipinski definition) is 3. The first-order valence-electron chi connectivity index (χ1n) is 6.25. The molecule has 0 unspecified atom stereocenters. The molecule has 0 N–H and O–H groups in total. The quantitative estimate of drug-likeness (QED) is 0.815. The van der Waals surface area contributed by atoms with E-state index in [1.165, 1.54) is 11.1 Å². The Kier molecular flexibility index (Phi) is 2.75. The minimum Gasteiger partial charge on any atom is -0.431 e. The van der Waals surface area contributed by atoms with Crippen molar-refractivity contribution in [1.29, 1.82) is 0 Å². The van der Waals surface area contributed by atoms with E-state index in [-0.39, 0.29) is 0 Å². The molecule has 0 atom stereocenters. The Bertz CT molecular complexity index is 600. The van der Waals surface area contributed by atoms with Crippen molar-refractivity contribution < 1.29 is 9.57 Å². The van der Waals surface area contributed by atoms with E-state index >= 15 is 0 Å². The Morgan fingerprint density at radius 3 is 1.95 bits per heavy atom. The van der Waals surface area contributed by atoms with Gasteiger partial charge >= 0.3 is 0 Å². The molecular formula is C16H15NO2. The molecule has 96 valence electrons. The molecule has 3 rings (SSSR count). The largest absolute Gasteiger partial charge is 0.431 e.